The van der Waals surface area contributed by atoms with Crippen molar-refractivity contribution < 1.29 is 28.4 Å². The Balaban J connectivity index is 0.887. The molecule has 1 aromatic rings. The molecule has 346 valence electrons. The molecular weight excluding hydrogens is 816 g/mol. The molecule has 0 bridgehead atoms. The lowest BCUT2D eigenvalue weighted by Crippen LogP contribution is -2.58. The number of halogens is 1. The summed E-state index contributed by atoms with van der Waals surface area (Å²) in [6.07, 6.45) is 10.5. The number of ketones is 2. The van der Waals surface area contributed by atoms with Gasteiger partial charge in [-0.05, 0) is 101 Å². The topological polar surface area (TPSA) is 185 Å². The number of piperazine rings is 1. The number of amides is 3. The van der Waals surface area contributed by atoms with E-state index in [1.165, 1.54) is 27.0 Å². The van der Waals surface area contributed by atoms with Gasteiger partial charge in [-0.2, -0.15) is 0 Å². The molecule has 5 atom stereocenters. The number of hydrogen-bond donors (Lipinski definition) is 5. The number of amidine groups is 1. The second-order valence-corrected chi connectivity index (χ2v) is 18.5. The third-order valence-electron chi connectivity index (χ3n) is 14.1. The van der Waals surface area contributed by atoms with Gasteiger partial charge in [0.15, 0.2) is 5.78 Å². The number of hydrogen-bond acceptors (Lipinski definition) is 12. The number of nitrogens with one attached hydrogen (secondary N) is 5. The second kappa shape index (κ2) is 20.9. The second-order valence-electron chi connectivity index (χ2n) is 18.5. The summed E-state index contributed by atoms with van der Waals surface area (Å²) >= 11 is 0. The van der Waals surface area contributed by atoms with Crippen LogP contribution in [0.1, 0.15) is 88.6 Å². The van der Waals surface area contributed by atoms with Crippen LogP contribution in [0.2, 0.25) is 0 Å². The van der Waals surface area contributed by atoms with Gasteiger partial charge in [0.25, 0.3) is 11.8 Å². The Morgan fingerprint density at radius 1 is 1.00 bits per heavy atom. The third-order valence-corrected chi connectivity index (χ3v) is 14.1. The van der Waals surface area contributed by atoms with E-state index < -0.39 is 24.0 Å². The van der Waals surface area contributed by atoms with Crippen molar-refractivity contribution in [3.05, 3.63) is 58.3 Å². The van der Waals surface area contributed by atoms with Crippen molar-refractivity contribution in [1.82, 2.24) is 35.6 Å². The number of carbonyl (C=O) groups excluding carboxylic acids is 5. The summed E-state index contributed by atoms with van der Waals surface area (Å²) in [4.78, 5) is 74.6. The van der Waals surface area contributed by atoms with Crippen LogP contribution in [-0.2, 0) is 30.4 Å². The molecule has 0 aromatic heterocycles. The fraction of sp³-hybridized carbons (Fsp3) is 0.604. The smallest absolute Gasteiger partial charge is 0.261 e. The summed E-state index contributed by atoms with van der Waals surface area (Å²) in [6.45, 7) is 11.7. The minimum Gasteiger partial charge on any atom is -0.393 e. The quantitative estimate of drug-likeness (QED) is 0.0932. The number of alkyl halides is 1. The van der Waals surface area contributed by atoms with E-state index in [1.54, 1.807) is 19.3 Å². The molecule has 6 aliphatic rings. The number of Topliss-reactive ketones (excluding diaryl/α,β-unsaturated/α-hetero) is 2. The van der Waals surface area contributed by atoms with Crippen molar-refractivity contribution in [1.29, 1.82) is 10.8 Å². The first-order valence-corrected chi connectivity index (χ1v) is 23.3. The zero-order valence-electron chi connectivity index (χ0n) is 38.0. The third kappa shape index (κ3) is 10.3. The Labute approximate surface area is 376 Å². The number of fused-ring (bicyclic) bond motifs is 1. The van der Waals surface area contributed by atoms with Crippen molar-refractivity contribution in [2.24, 2.45) is 11.8 Å². The lowest BCUT2D eigenvalue weighted by atomic mass is 9.87. The van der Waals surface area contributed by atoms with Gasteiger partial charge in [-0.1, -0.05) is 12.2 Å². The van der Waals surface area contributed by atoms with Crippen LogP contribution in [-0.4, -0.2) is 158 Å². The van der Waals surface area contributed by atoms with Crippen LogP contribution in [0.5, 0.6) is 0 Å². The number of anilines is 1. The van der Waals surface area contributed by atoms with Gasteiger partial charge < -0.3 is 40.9 Å². The lowest BCUT2D eigenvalue weighted by Gasteiger charge is -2.42. The first kappa shape index (κ1) is 47.1. The maximum absolute atomic E-state index is 15.1. The van der Waals surface area contributed by atoms with Crippen LogP contribution in [0.4, 0.5) is 10.1 Å². The maximum Gasteiger partial charge on any atom is 0.261 e. The van der Waals surface area contributed by atoms with Gasteiger partial charge in [0.2, 0.25) is 5.91 Å². The number of likely N-dealkylation sites (tertiary alicyclic amines) is 1. The highest BCUT2D eigenvalue weighted by Gasteiger charge is 2.46. The Bertz CT molecular complexity index is 2080. The molecule has 0 radical (unpaired) electrons. The summed E-state index contributed by atoms with van der Waals surface area (Å²) in [7, 11) is 1.77. The first-order valence-electron chi connectivity index (χ1n) is 23.3. The van der Waals surface area contributed by atoms with Crippen LogP contribution in [0.25, 0.3) is 5.57 Å². The number of benzene rings is 1. The average molecular weight is 883 g/mol. The Morgan fingerprint density at radius 2 is 1.73 bits per heavy atom. The van der Waals surface area contributed by atoms with E-state index in [0.717, 1.165) is 67.9 Å². The fourth-order valence-corrected chi connectivity index (χ4v) is 10.6. The predicted octanol–water partition coefficient (Wildman–Crippen LogP) is 3.40. The molecule has 5 N–H and O–H groups in total. The number of allylic oxidation sites excluding steroid dienone is 2. The van der Waals surface area contributed by atoms with Crippen LogP contribution >= 0.6 is 0 Å². The molecule has 3 saturated heterocycles. The Hall–Kier alpha value is -4.90. The number of piperidine rings is 2. The molecule has 16 heteroatoms. The predicted molar refractivity (Wildman–Crippen MR) is 246 cm³/mol. The molecule has 5 unspecified atom stereocenters. The minimum atomic E-state index is -1.24. The van der Waals surface area contributed by atoms with Crippen molar-refractivity contribution in [2.45, 2.75) is 96.4 Å². The number of imide groups is 1. The summed E-state index contributed by atoms with van der Waals surface area (Å²) in [5.41, 5.74) is 4.62. The van der Waals surface area contributed by atoms with E-state index in [0.29, 0.717) is 92.5 Å². The highest BCUT2D eigenvalue weighted by Crippen LogP contribution is 2.38. The number of nitrogens with zero attached hydrogens (tertiary/aromatic N) is 5. The molecule has 5 heterocycles. The lowest BCUT2D eigenvalue weighted by molar-refractivity contribution is -0.145. The van der Waals surface area contributed by atoms with Crippen LogP contribution < -0.4 is 20.9 Å². The Morgan fingerprint density at radius 3 is 2.41 bits per heavy atom. The summed E-state index contributed by atoms with van der Waals surface area (Å²) in [5, 5.41) is 27.9. The molecule has 5 aliphatic heterocycles. The van der Waals surface area contributed by atoms with Crippen LogP contribution in [0.15, 0.2) is 41.6 Å². The molecule has 3 amide bonds. The van der Waals surface area contributed by atoms with E-state index >= 15 is 4.39 Å². The molecule has 7 rings (SSSR count). The van der Waals surface area contributed by atoms with Gasteiger partial charge in [0, 0.05) is 131 Å². The molecule has 0 spiro atoms. The summed E-state index contributed by atoms with van der Waals surface area (Å²) in [5.74, 6) is -0.871. The van der Waals surface area contributed by atoms with Gasteiger partial charge in [-0.25, -0.2) is 4.39 Å². The normalized spacial score (nSPS) is 24.7. The van der Waals surface area contributed by atoms with Gasteiger partial charge in [-0.15, -0.1) is 0 Å². The van der Waals surface area contributed by atoms with Crippen molar-refractivity contribution in [3.8, 4) is 0 Å². The molecule has 0 saturated carbocycles. The van der Waals surface area contributed by atoms with E-state index in [9.17, 15) is 29.4 Å². The van der Waals surface area contributed by atoms with Gasteiger partial charge in [0.1, 0.15) is 17.8 Å². The summed E-state index contributed by atoms with van der Waals surface area (Å²) < 4.78 is 15.1. The van der Waals surface area contributed by atoms with E-state index in [-0.39, 0.29) is 54.2 Å². The molecular formula is C48H67FN10O5. The van der Waals surface area contributed by atoms with Crippen molar-refractivity contribution >= 4 is 52.6 Å². The van der Waals surface area contributed by atoms with Gasteiger partial charge in [0.05, 0.1) is 12.6 Å². The highest BCUT2D eigenvalue weighted by molar-refractivity contribution is 6.22. The van der Waals surface area contributed by atoms with E-state index in [1.807, 2.05) is 23.1 Å². The molecule has 1 aliphatic carbocycles. The summed E-state index contributed by atoms with van der Waals surface area (Å²) in [6, 6.07) is 3.28. The molecule has 3 fully saturated rings. The molecule has 64 heavy (non-hydrogen) atoms. The van der Waals surface area contributed by atoms with Crippen LogP contribution in [0, 0.1) is 22.7 Å². The number of aryl methyl sites for hydroxylation is 1. The van der Waals surface area contributed by atoms with Crippen LogP contribution in [0.3, 0.4) is 0 Å². The SMILES string of the molecule is CN/C=C(\C=N)c1cc2c(cc1C(C)F)N(C(=N)C1CNCCC1NC1CCN(C(=O)CN3CCN(CC4CC=CC5=C4C(=O)N(C(CCC(C)=O)C(C)=O)C5=O)CC3)CC1)CCC2. The van der Waals surface area contributed by atoms with Gasteiger partial charge in [-0.3, -0.25) is 34.4 Å². The standard InChI is InChI=1S/C48H67FN10O5/c1-30(60)10-11-42(32(3)61)59-47(63)37-9-5-7-34(45(37)48(59)64)28-55-19-21-56(22-20-55)29-44(62)57-17-13-36(14-18-57)54-41-12-15-53-27-40(41)46(51)58-16-6-8-33-23-39(35(25-50)26-52-4)38(31(2)49)24-43(33)58/h5,9,23-26,31,34,36,40-42,50-54H,6-8,10-22,27-29H2,1-4H3/b35-26+,50-25?,51-46?. The van der Waals surface area contributed by atoms with Crippen molar-refractivity contribution in [3.63, 3.8) is 0 Å². The number of carbonyl (C=O) groups is 5. The zero-order valence-corrected chi connectivity index (χ0v) is 38.0. The average Bonchev–Trinajstić information content (AvgIpc) is 3.54. The molecule has 15 nitrogen and oxygen atoms in total. The van der Waals surface area contributed by atoms with E-state index in [2.05, 4.69) is 30.7 Å². The highest BCUT2D eigenvalue weighted by atomic mass is 19.1. The number of rotatable bonds is 16. The van der Waals surface area contributed by atoms with Crippen molar-refractivity contribution in [2.75, 3.05) is 83.9 Å². The Kier molecular flexibility index (Phi) is 15.4. The fourth-order valence-electron chi connectivity index (χ4n) is 10.6. The first-order chi connectivity index (χ1) is 30.8. The van der Waals surface area contributed by atoms with Gasteiger partial charge >= 0.3 is 0 Å². The monoisotopic (exact) mass is 883 g/mol. The minimum absolute atomic E-state index is 0.0721. The van der Waals surface area contributed by atoms with E-state index in [4.69, 9.17) is 5.41 Å². The maximum atomic E-state index is 15.1. The zero-order chi connectivity index (χ0) is 45.7. The largest absolute Gasteiger partial charge is 0.393 e. The molecule has 1 aromatic carbocycles.